The molecule has 0 aliphatic rings. The lowest BCUT2D eigenvalue weighted by atomic mass is 10.0. The van der Waals surface area contributed by atoms with Crippen LogP contribution in [0.5, 0.6) is 0 Å². The van der Waals surface area contributed by atoms with Crippen LogP contribution in [-0.2, 0) is 6.42 Å². The lowest BCUT2D eigenvalue weighted by Crippen LogP contribution is -2.29. The summed E-state index contributed by atoms with van der Waals surface area (Å²) in [5.74, 6) is 4.33. The molecule has 0 radical (unpaired) electrons. The molecule has 1 unspecified atom stereocenters. The Labute approximate surface area is 130 Å². The Hall–Kier alpha value is -0.340. The van der Waals surface area contributed by atoms with Crippen LogP contribution < -0.4 is 11.3 Å². The fourth-order valence-corrected chi connectivity index (χ4v) is 3.82. The SMILES string of the molecule is NNC(Cc1c(F)ccc(Br)c1F)c1sccc1Br. The summed E-state index contributed by atoms with van der Waals surface area (Å²) in [6, 6.07) is 4.10. The molecular weight excluding hydrogens is 402 g/mol. The smallest absolute Gasteiger partial charge is 0.143 e. The highest BCUT2D eigenvalue weighted by molar-refractivity contribution is 9.10. The van der Waals surface area contributed by atoms with Crippen LogP contribution >= 0.6 is 43.2 Å². The maximum absolute atomic E-state index is 13.9. The van der Waals surface area contributed by atoms with Gasteiger partial charge < -0.3 is 0 Å². The molecule has 0 bridgehead atoms. The summed E-state index contributed by atoms with van der Waals surface area (Å²) >= 11 is 7.92. The van der Waals surface area contributed by atoms with Gasteiger partial charge in [0.05, 0.1) is 10.5 Å². The van der Waals surface area contributed by atoms with Crippen molar-refractivity contribution in [3.05, 3.63) is 54.6 Å². The zero-order chi connectivity index (χ0) is 14.0. The topological polar surface area (TPSA) is 38.0 Å². The van der Waals surface area contributed by atoms with Gasteiger partial charge in [0.2, 0.25) is 0 Å². The summed E-state index contributed by atoms with van der Waals surface area (Å²) in [6.45, 7) is 0. The summed E-state index contributed by atoms with van der Waals surface area (Å²) in [4.78, 5) is 0.904. The summed E-state index contributed by atoms with van der Waals surface area (Å²) in [6.07, 6.45) is 0.132. The first-order valence-corrected chi connectivity index (χ1v) is 7.82. The molecule has 0 saturated heterocycles. The minimum absolute atomic E-state index is 0.0117. The first kappa shape index (κ1) is 15.1. The molecule has 102 valence electrons. The number of hydrazine groups is 1. The second kappa shape index (κ2) is 6.41. The molecule has 1 atom stereocenters. The van der Waals surface area contributed by atoms with Crippen LogP contribution in [0.3, 0.4) is 0 Å². The number of nitrogens with one attached hydrogen (secondary N) is 1. The average molecular weight is 412 g/mol. The van der Waals surface area contributed by atoms with E-state index >= 15 is 0 Å². The summed E-state index contributed by atoms with van der Waals surface area (Å²) in [5.41, 5.74) is 2.61. The van der Waals surface area contributed by atoms with Crippen molar-refractivity contribution in [2.24, 2.45) is 5.84 Å². The van der Waals surface area contributed by atoms with Crippen molar-refractivity contribution < 1.29 is 8.78 Å². The van der Waals surface area contributed by atoms with Gasteiger partial charge >= 0.3 is 0 Å². The van der Waals surface area contributed by atoms with E-state index in [-0.39, 0.29) is 22.5 Å². The normalized spacial score (nSPS) is 12.7. The van der Waals surface area contributed by atoms with Gasteiger partial charge in [0, 0.05) is 14.9 Å². The molecule has 19 heavy (non-hydrogen) atoms. The van der Waals surface area contributed by atoms with Crippen molar-refractivity contribution in [3.8, 4) is 0 Å². The molecule has 2 rings (SSSR count). The number of benzene rings is 1. The van der Waals surface area contributed by atoms with E-state index in [9.17, 15) is 8.78 Å². The number of hydrogen-bond acceptors (Lipinski definition) is 3. The van der Waals surface area contributed by atoms with E-state index in [1.54, 1.807) is 0 Å². The zero-order valence-electron chi connectivity index (χ0n) is 9.59. The molecule has 0 spiro atoms. The Morgan fingerprint density at radius 3 is 2.53 bits per heavy atom. The third-order valence-corrected chi connectivity index (χ3v) is 5.31. The number of rotatable bonds is 4. The van der Waals surface area contributed by atoms with Gasteiger partial charge in [0.1, 0.15) is 11.6 Å². The van der Waals surface area contributed by atoms with E-state index in [2.05, 4.69) is 37.3 Å². The minimum atomic E-state index is -0.590. The van der Waals surface area contributed by atoms with Crippen molar-refractivity contribution in [1.82, 2.24) is 5.43 Å². The van der Waals surface area contributed by atoms with Gasteiger partial charge in [-0.15, -0.1) is 11.3 Å². The Bertz CT molecular complexity index is 589. The molecular formula is C12H10Br2F2N2S. The Balaban J connectivity index is 2.34. The summed E-state index contributed by atoms with van der Waals surface area (Å²) in [5, 5.41) is 1.89. The second-order valence-electron chi connectivity index (χ2n) is 3.88. The van der Waals surface area contributed by atoms with E-state index in [0.29, 0.717) is 0 Å². The van der Waals surface area contributed by atoms with Crippen molar-refractivity contribution in [2.45, 2.75) is 12.5 Å². The zero-order valence-corrected chi connectivity index (χ0v) is 13.6. The fraction of sp³-hybridized carbons (Fsp3) is 0.167. The molecule has 1 aromatic heterocycles. The van der Waals surface area contributed by atoms with Gasteiger partial charge in [0.15, 0.2) is 0 Å². The van der Waals surface area contributed by atoms with Gasteiger partial charge in [-0.3, -0.25) is 11.3 Å². The summed E-state index contributed by atoms with van der Waals surface area (Å²) < 4.78 is 28.8. The van der Waals surface area contributed by atoms with Crippen LogP contribution in [0.4, 0.5) is 8.78 Å². The maximum Gasteiger partial charge on any atom is 0.143 e. The van der Waals surface area contributed by atoms with Crippen LogP contribution in [0, 0.1) is 11.6 Å². The molecule has 3 N–H and O–H groups in total. The monoisotopic (exact) mass is 410 g/mol. The molecule has 1 aromatic carbocycles. The van der Waals surface area contributed by atoms with Crippen LogP contribution in [-0.4, -0.2) is 0 Å². The molecule has 7 heteroatoms. The highest BCUT2D eigenvalue weighted by Gasteiger charge is 2.20. The molecule has 0 aliphatic heterocycles. The maximum atomic E-state index is 13.9. The van der Waals surface area contributed by atoms with Crippen molar-refractivity contribution in [3.63, 3.8) is 0 Å². The van der Waals surface area contributed by atoms with Gasteiger partial charge in [-0.25, -0.2) is 8.78 Å². The average Bonchev–Trinajstić information content (AvgIpc) is 2.81. The van der Waals surface area contributed by atoms with E-state index in [1.165, 1.54) is 23.5 Å². The largest absolute Gasteiger partial charge is 0.271 e. The van der Waals surface area contributed by atoms with Crippen LogP contribution in [0.2, 0.25) is 0 Å². The van der Waals surface area contributed by atoms with Crippen LogP contribution in [0.15, 0.2) is 32.5 Å². The van der Waals surface area contributed by atoms with E-state index in [0.717, 1.165) is 9.35 Å². The van der Waals surface area contributed by atoms with Gasteiger partial charge in [0.25, 0.3) is 0 Å². The Morgan fingerprint density at radius 2 is 1.95 bits per heavy atom. The van der Waals surface area contributed by atoms with Crippen molar-refractivity contribution in [2.75, 3.05) is 0 Å². The van der Waals surface area contributed by atoms with Gasteiger partial charge in [-0.1, -0.05) is 0 Å². The molecule has 0 amide bonds. The van der Waals surface area contributed by atoms with Crippen LogP contribution in [0.25, 0.3) is 0 Å². The molecule has 2 nitrogen and oxygen atoms in total. The minimum Gasteiger partial charge on any atom is -0.271 e. The molecule has 0 fully saturated rings. The van der Waals surface area contributed by atoms with Crippen molar-refractivity contribution >= 4 is 43.2 Å². The number of nitrogens with two attached hydrogens (primary N) is 1. The Kier molecular flexibility index (Phi) is 5.08. The van der Waals surface area contributed by atoms with Gasteiger partial charge in [-0.2, -0.15) is 0 Å². The predicted octanol–water partition coefficient (Wildman–Crippen LogP) is 4.30. The molecule has 0 saturated carbocycles. The van der Waals surface area contributed by atoms with Crippen LogP contribution in [0.1, 0.15) is 16.5 Å². The predicted molar refractivity (Wildman–Crippen MR) is 79.8 cm³/mol. The molecule has 1 heterocycles. The number of halogens is 4. The van der Waals surface area contributed by atoms with E-state index in [1.807, 2.05) is 11.4 Å². The summed E-state index contributed by atoms with van der Waals surface area (Å²) in [7, 11) is 0. The first-order valence-electron chi connectivity index (χ1n) is 5.36. The number of hydrogen-bond donors (Lipinski definition) is 2. The van der Waals surface area contributed by atoms with Crippen molar-refractivity contribution in [1.29, 1.82) is 0 Å². The van der Waals surface area contributed by atoms with E-state index < -0.39 is 11.6 Å². The quantitative estimate of drug-likeness (QED) is 0.447. The Morgan fingerprint density at radius 1 is 1.21 bits per heavy atom. The lowest BCUT2D eigenvalue weighted by Gasteiger charge is -2.16. The van der Waals surface area contributed by atoms with E-state index in [4.69, 9.17) is 5.84 Å². The first-order chi connectivity index (χ1) is 9.04. The highest BCUT2D eigenvalue weighted by Crippen LogP contribution is 2.32. The van der Waals surface area contributed by atoms with Gasteiger partial charge in [-0.05, 0) is 61.9 Å². The third-order valence-electron chi connectivity index (χ3n) is 2.71. The highest BCUT2D eigenvalue weighted by atomic mass is 79.9. The second-order valence-corrected chi connectivity index (χ2v) is 6.53. The third kappa shape index (κ3) is 3.22. The molecule has 2 aromatic rings. The lowest BCUT2D eigenvalue weighted by molar-refractivity contribution is 0.501. The standard InChI is InChI=1S/C12H10Br2F2N2S/c13-7-1-2-9(15)6(11(7)16)5-10(18-17)12-8(14)3-4-19-12/h1-4,10,18H,5,17H2. The fourth-order valence-electron chi connectivity index (χ4n) is 1.74. The molecule has 0 aliphatic carbocycles. The number of thiophene rings is 1.